The van der Waals surface area contributed by atoms with Crippen LogP contribution in [0.4, 0.5) is 24.7 Å². The Morgan fingerprint density at radius 1 is 1.19 bits per heavy atom. The van der Waals surface area contributed by atoms with E-state index in [1.807, 2.05) is 13.8 Å². The van der Waals surface area contributed by atoms with Crippen molar-refractivity contribution < 1.29 is 32.2 Å². The summed E-state index contributed by atoms with van der Waals surface area (Å²) < 4.78 is 49.5. The Labute approximate surface area is 177 Å². The molecule has 1 saturated heterocycles. The Hall–Kier alpha value is -3.14. The van der Waals surface area contributed by atoms with E-state index in [0.717, 1.165) is 12.1 Å². The van der Waals surface area contributed by atoms with Crippen molar-refractivity contribution in [2.24, 2.45) is 0 Å². The number of halogens is 3. The first-order valence-electron chi connectivity index (χ1n) is 9.63. The van der Waals surface area contributed by atoms with Crippen molar-refractivity contribution in [2.45, 2.75) is 32.2 Å². The molecule has 0 saturated carbocycles. The summed E-state index contributed by atoms with van der Waals surface area (Å²) in [6.45, 7) is 4.04. The first-order valence-corrected chi connectivity index (χ1v) is 9.63. The summed E-state index contributed by atoms with van der Waals surface area (Å²) in [5.74, 6) is -1.15. The molecular formula is C21H22F3N3O4. The van der Waals surface area contributed by atoms with E-state index in [2.05, 4.69) is 10.3 Å². The van der Waals surface area contributed by atoms with Crippen LogP contribution in [0.2, 0.25) is 0 Å². The lowest BCUT2D eigenvalue weighted by Crippen LogP contribution is -2.49. The molecule has 1 fully saturated rings. The molecule has 2 atom stereocenters. The number of hydrogen-bond acceptors (Lipinski definition) is 6. The standard InChI is InChI=1S/C21H22F3N3O4/c1-13-10-27(11-14(2)31-13)18(28)12-30-20(29)17-7-4-8-25-19(17)26-16-6-3-5-15(9-16)21(22,23)24/h3-9,13-14H,10-12H2,1-2H3,(H,25,26)/t13-,14-/m0/s1. The molecule has 2 heterocycles. The molecule has 1 aliphatic heterocycles. The van der Waals surface area contributed by atoms with Gasteiger partial charge < -0.3 is 19.7 Å². The number of nitrogens with one attached hydrogen (secondary N) is 1. The number of aromatic nitrogens is 1. The third-order valence-corrected chi connectivity index (χ3v) is 4.58. The first kappa shape index (κ1) is 22.5. The quantitative estimate of drug-likeness (QED) is 0.720. The van der Waals surface area contributed by atoms with Gasteiger partial charge in [-0.15, -0.1) is 0 Å². The number of hydrogen-bond donors (Lipinski definition) is 1. The number of nitrogens with zero attached hydrogens (tertiary/aromatic N) is 2. The summed E-state index contributed by atoms with van der Waals surface area (Å²) in [5, 5.41) is 2.70. The van der Waals surface area contributed by atoms with Gasteiger partial charge in [-0.3, -0.25) is 4.79 Å². The van der Waals surface area contributed by atoms with E-state index in [1.54, 1.807) is 4.90 Å². The van der Waals surface area contributed by atoms with Crippen LogP contribution < -0.4 is 5.32 Å². The molecule has 0 unspecified atom stereocenters. The maximum atomic E-state index is 12.9. The van der Waals surface area contributed by atoms with Gasteiger partial charge in [-0.2, -0.15) is 13.2 Å². The highest BCUT2D eigenvalue weighted by atomic mass is 19.4. The largest absolute Gasteiger partial charge is 0.452 e. The van der Waals surface area contributed by atoms with Crippen molar-refractivity contribution in [3.63, 3.8) is 0 Å². The third kappa shape index (κ3) is 5.94. The summed E-state index contributed by atoms with van der Waals surface area (Å²) in [4.78, 5) is 30.5. The number of alkyl halides is 3. The predicted molar refractivity (Wildman–Crippen MR) is 106 cm³/mol. The van der Waals surface area contributed by atoms with Gasteiger partial charge >= 0.3 is 12.1 Å². The molecule has 1 N–H and O–H groups in total. The molecule has 0 bridgehead atoms. The van der Waals surface area contributed by atoms with Crippen molar-refractivity contribution in [1.29, 1.82) is 0 Å². The zero-order valence-corrected chi connectivity index (χ0v) is 17.0. The molecule has 31 heavy (non-hydrogen) atoms. The van der Waals surface area contributed by atoms with Gasteiger partial charge in [-0.05, 0) is 44.2 Å². The zero-order chi connectivity index (χ0) is 22.6. The van der Waals surface area contributed by atoms with Crippen molar-refractivity contribution in [2.75, 3.05) is 25.0 Å². The number of esters is 1. The molecular weight excluding hydrogens is 415 g/mol. The van der Waals surface area contributed by atoms with Crippen molar-refractivity contribution >= 4 is 23.4 Å². The topological polar surface area (TPSA) is 80.8 Å². The lowest BCUT2D eigenvalue weighted by Gasteiger charge is -2.35. The van der Waals surface area contributed by atoms with Gasteiger partial charge in [0.2, 0.25) is 0 Å². The summed E-state index contributed by atoms with van der Waals surface area (Å²) in [7, 11) is 0. The van der Waals surface area contributed by atoms with Crippen LogP contribution in [0.1, 0.15) is 29.8 Å². The summed E-state index contributed by atoms with van der Waals surface area (Å²) in [5.41, 5.74) is -0.733. The molecule has 0 radical (unpaired) electrons. The smallest absolute Gasteiger partial charge is 0.416 e. The molecule has 1 aromatic heterocycles. The molecule has 0 spiro atoms. The van der Waals surface area contributed by atoms with Crippen molar-refractivity contribution in [1.82, 2.24) is 9.88 Å². The lowest BCUT2D eigenvalue weighted by molar-refractivity contribution is -0.146. The fourth-order valence-electron chi connectivity index (χ4n) is 3.26. The molecule has 3 rings (SSSR count). The second kappa shape index (κ2) is 9.34. The van der Waals surface area contributed by atoms with Gasteiger partial charge in [0.15, 0.2) is 6.61 Å². The van der Waals surface area contributed by atoms with E-state index in [4.69, 9.17) is 9.47 Å². The number of carbonyl (C=O) groups excluding carboxylic acids is 2. The highest BCUT2D eigenvalue weighted by Crippen LogP contribution is 2.31. The summed E-state index contributed by atoms with van der Waals surface area (Å²) in [6, 6.07) is 7.42. The monoisotopic (exact) mass is 437 g/mol. The summed E-state index contributed by atoms with van der Waals surface area (Å²) >= 11 is 0. The van der Waals surface area contributed by atoms with Gasteiger partial charge in [0.05, 0.1) is 17.8 Å². The van der Waals surface area contributed by atoms with Gasteiger partial charge in [-0.1, -0.05) is 6.07 Å². The molecule has 7 nitrogen and oxygen atoms in total. The average Bonchev–Trinajstić information content (AvgIpc) is 2.71. The molecule has 166 valence electrons. The molecule has 2 aromatic rings. The fourth-order valence-corrected chi connectivity index (χ4v) is 3.26. The molecule has 1 aliphatic rings. The number of benzene rings is 1. The molecule has 1 amide bonds. The minimum absolute atomic E-state index is 0.00331. The minimum Gasteiger partial charge on any atom is -0.452 e. The normalized spacial score (nSPS) is 19.1. The lowest BCUT2D eigenvalue weighted by atomic mass is 10.2. The zero-order valence-electron chi connectivity index (χ0n) is 17.0. The van der Waals surface area contributed by atoms with Crippen LogP contribution in [-0.4, -0.2) is 53.7 Å². The van der Waals surface area contributed by atoms with E-state index in [1.165, 1.54) is 30.5 Å². The van der Waals surface area contributed by atoms with E-state index < -0.39 is 24.3 Å². The SMILES string of the molecule is C[C@H]1CN(C(=O)COC(=O)c2cccnc2Nc2cccc(C(F)(F)F)c2)C[C@H](C)O1. The van der Waals surface area contributed by atoms with Gasteiger partial charge in [-0.25, -0.2) is 9.78 Å². The van der Waals surface area contributed by atoms with E-state index in [9.17, 15) is 22.8 Å². The number of rotatable bonds is 5. The maximum absolute atomic E-state index is 12.9. The van der Waals surface area contributed by atoms with E-state index in [0.29, 0.717) is 13.1 Å². The highest BCUT2D eigenvalue weighted by molar-refractivity contribution is 5.96. The van der Waals surface area contributed by atoms with Gasteiger partial charge in [0.1, 0.15) is 11.4 Å². The Balaban J connectivity index is 1.67. The second-order valence-corrected chi connectivity index (χ2v) is 7.24. The van der Waals surface area contributed by atoms with Crippen molar-refractivity contribution in [3.8, 4) is 0 Å². The van der Waals surface area contributed by atoms with Gasteiger partial charge in [0, 0.05) is 25.0 Å². The minimum atomic E-state index is -4.50. The average molecular weight is 437 g/mol. The van der Waals surface area contributed by atoms with Crippen LogP contribution in [0.25, 0.3) is 0 Å². The Bertz CT molecular complexity index is 941. The van der Waals surface area contributed by atoms with Crippen LogP contribution in [0, 0.1) is 0 Å². The number of anilines is 2. The number of carbonyl (C=O) groups is 2. The maximum Gasteiger partial charge on any atom is 0.416 e. The highest BCUT2D eigenvalue weighted by Gasteiger charge is 2.30. The van der Waals surface area contributed by atoms with Crippen molar-refractivity contribution in [3.05, 3.63) is 53.7 Å². The van der Waals surface area contributed by atoms with Crippen LogP contribution >= 0.6 is 0 Å². The molecule has 0 aliphatic carbocycles. The second-order valence-electron chi connectivity index (χ2n) is 7.24. The molecule has 10 heteroatoms. The van der Waals surface area contributed by atoms with Gasteiger partial charge in [0.25, 0.3) is 5.91 Å². The summed E-state index contributed by atoms with van der Waals surface area (Å²) in [6.07, 6.45) is -3.36. The number of pyridine rings is 1. The van der Waals surface area contributed by atoms with Crippen LogP contribution in [0.3, 0.4) is 0 Å². The van der Waals surface area contributed by atoms with E-state index >= 15 is 0 Å². The van der Waals surface area contributed by atoms with E-state index in [-0.39, 0.29) is 35.2 Å². The third-order valence-electron chi connectivity index (χ3n) is 4.58. The number of morpholine rings is 1. The number of amides is 1. The molecule has 1 aromatic carbocycles. The fraction of sp³-hybridized carbons (Fsp3) is 0.381. The van der Waals surface area contributed by atoms with Crippen LogP contribution in [-0.2, 0) is 20.4 Å². The Kier molecular flexibility index (Phi) is 6.79. The Morgan fingerprint density at radius 3 is 2.58 bits per heavy atom. The number of ether oxygens (including phenoxy) is 2. The first-order chi connectivity index (χ1) is 14.6. The predicted octanol–water partition coefficient (Wildman–Crippen LogP) is 3.64. The van der Waals surface area contributed by atoms with Crippen LogP contribution in [0.5, 0.6) is 0 Å². The Morgan fingerprint density at radius 2 is 1.90 bits per heavy atom. The van der Waals surface area contributed by atoms with Crippen LogP contribution in [0.15, 0.2) is 42.6 Å².